The SMILES string of the molecule is CNC(=O)C1CCCCN1c1cc(Cl)c(Cl)cc1N. The number of hydrogen-bond acceptors (Lipinski definition) is 3. The summed E-state index contributed by atoms with van der Waals surface area (Å²) in [4.78, 5) is 14.0. The Bertz CT molecular complexity index is 493. The molecule has 3 N–H and O–H groups in total. The van der Waals surface area contributed by atoms with Gasteiger partial charge in [0.15, 0.2) is 0 Å². The molecule has 0 radical (unpaired) electrons. The van der Waals surface area contributed by atoms with E-state index in [1.54, 1.807) is 19.2 Å². The van der Waals surface area contributed by atoms with Gasteiger partial charge in [0.1, 0.15) is 6.04 Å². The van der Waals surface area contributed by atoms with Crippen LogP contribution in [0.3, 0.4) is 0 Å². The highest BCUT2D eigenvalue weighted by Gasteiger charge is 2.29. The van der Waals surface area contributed by atoms with Crippen molar-refractivity contribution in [1.29, 1.82) is 0 Å². The van der Waals surface area contributed by atoms with Crippen LogP contribution in [0.2, 0.25) is 10.0 Å². The molecule has 19 heavy (non-hydrogen) atoms. The van der Waals surface area contributed by atoms with Crippen molar-refractivity contribution in [2.45, 2.75) is 25.3 Å². The maximum atomic E-state index is 12.0. The molecule has 0 spiro atoms. The average Bonchev–Trinajstić information content (AvgIpc) is 2.42. The Morgan fingerprint density at radius 2 is 2.05 bits per heavy atom. The number of rotatable bonds is 2. The predicted molar refractivity (Wildman–Crippen MR) is 79.9 cm³/mol. The molecule has 6 heteroatoms. The zero-order valence-electron chi connectivity index (χ0n) is 10.7. The highest BCUT2D eigenvalue weighted by atomic mass is 35.5. The van der Waals surface area contributed by atoms with E-state index < -0.39 is 0 Å². The summed E-state index contributed by atoms with van der Waals surface area (Å²) >= 11 is 12.0. The second-order valence-electron chi connectivity index (χ2n) is 4.64. The molecule has 2 rings (SSSR count). The van der Waals surface area contributed by atoms with Gasteiger partial charge in [-0.05, 0) is 31.4 Å². The van der Waals surface area contributed by atoms with Crippen LogP contribution in [0.5, 0.6) is 0 Å². The van der Waals surface area contributed by atoms with Crippen LogP contribution in [-0.4, -0.2) is 25.5 Å². The van der Waals surface area contributed by atoms with Gasteiger partial charge >= 0.3 is 0 Å². The lowest BCUT2D eigenvalue weighted by atomic mass is 10.00. The predicted octanol–water partition coefficient (Wildman–Crippen LogP) is 2.68. The smallest absolute Gasteiger partial charge is 0.242 e. The summed E-state index contributed by atoms with van der Waals surface area (Å²) in [6.45, 7) is 0.792. The molecular formula is C13H17Cl2N3O. The summed E-state index contributed by atoms with van der Waals surface area (Å²) in [5.74, 6) is 0.00479. The molecule has 104 valence electrons. The lowest BCUT2D eigenvalue weighted by molar-refractivity contribution is -0.122. The summed E-state index contributed by atoms with van der Waals surface area (Å²) in [5.41, 5.74) is 7.34. The summed E-state index contributed by atoms with van der Waals surface area (Å²) in [6, 6.07) is 3.17. The molecule has 0 saturated carbocycles. The van der Waals surface area contributed by atoms with E-state index in [0.717, 1.165) is 31.5 Å². The first-order valence-electron chi connectivity index (χ1n) is 6.27. The molecule has 0 aliphatic carbocycles. The molecule has 1 aliphatic rings. The number of carbonyl (C=O) groups excluding carboxylic acids is 1. The fourth-order valence-corrected chi connectivity index (χ4v) is 2.79. The van der Waals surface area contributed by atoms with Gasteiger partial charge in [-0.1, -0.05) is 23.2 Å². The minimum atomic E-state index is -0.196. The summed E-state index contributed by atoms with van der Waals surface area (Å²) in [7, 11) is 1.65. The quantitative estimate of drug-likeness (QED) is 0.826. The van der Waals surface area contributed by atoms with Crippen LogP contribution >= 0.6 is 23.2 Å². The van der Waals surface area contributed by atoms with Gasteiger partial charge in [-0.15, -0.1) is 0 Å². The average molecular weight is 302 g/mol. The Kier molecular flexibility index (Phi) is 4.42. The summed E-state index contributed by atoms with van der Waals surface area (Å²) in [5, 5.41) is 3.58. The highest BCUT2D eigenvalue weighted by molar-refractivity contribution is 6.42. The topological polar surface area (TPSA) is 58.4 Å². The van der Waals surface area contributed by atoms with Crippen molar-refractivity contribution in [3.63, 3.8) is 0 Å². The molecule has 1 saturated heterocycles. The van der Waals surface area contributed by atoms with Crippen LogP contribution in [0.25, 0.3) is 0 Å². The van der Waals surface area contributed by atoms with Crippen LogP contribution < -0.4 is 16.0 Å². The van der Waals surface area contributed by atoms with E-state index in [-0.39, 0.29) is 11.9 Å². The molecule has 0 bridgehead atoms. The molecule has 1 aliphatic heterocycles. The molecule has 1 aromatic rings. The van der Waals surface area contributed by atoms with Crippen molar-refractivity contribution in [2.24, 2.45) is 0 Å². The fourth-order valence-electron chi connectivity index (χ4n) is 2.46. The number of likely N-dealkylation sites (N-methyl/N-ethyl adjacent to an activating group) is 1. The van der Waals surface area contributed by atoms with E-state index in [0.29, 0.717) is 15.7 Å². The van der Waals surface area contributed by atoms with Gasteiger partial charge in [0.2, 0.25) is 5.91 Å². The van der Waals surface area contributed by atoms with Crippen molar-refractivity contribution in [3.8, 4) is 0 Å². The van der Waals surface area contributed by atoms with Gasteiger partial charge < -0.3 is 16.0 Å². The van der Waals surface area contributed by atoms with Gasteiger partial charge in [0.25, 0.3) is 0 Å². The number of anilines is 2. The Hall–Kier alpha value is -1.13. The molecule has 1 amide bonds. The van der Waals surface area contributed by atoms with Crippen LogP contribution in [-0.2, 0) is 4.79 Å². The minimum Gasteiger partial charge on any atom is -0.397 e. The third-order valence-corrected chi connectivity index (χ3v) is 4.15. The molecule has 1 heterocycles. The van der Waals surface area contributed by atoms with E-state index in [1.165, 1.54) is 0 Å². The monoisotopic (exact) mass is 301 g/mol. The molecular weight excluding hydrogens is 285 g/mol. The molecule has 4 nitrogen and oxygen atoms in total. The van der Waals surface area contributed by atoms with E-state index in [9.17, 15) is 4.79 Å². The maximum Gasteiger partial charge on any atom is 0.242 e. The zero-order chi connectivity index (χ0) is 14.0. The van der Waals surface area contributed by atoms with Gasteiger partial charge in [-0.2, -0.15) is 0 Å². The van der Waals surface area contributed by atoms with Crippen LogP contribution in [0.1, 0.15) is 19.3 Å². The van der Waals surface area contributed by atoms with E-state index >= 15 is 0 Å². The number of nitrogens with one attached hydrogen (secondary N) is 1. The number of halogens is 2. The number of amides is 1. The van der Waals surface area contributed by atoms with Crippen molar-refractivity contribution < 1.29 is 4.79 Å². The summed E-state index contributed by atoms with van der Waals surface area (Å²) < 4.78 is 0. The number of carbonyl (C=O) groups is 1. The van der Waals surface area contributed by atoms with Gasteiger partial charge in [0.05, 0.1) is 21.4 Å². The standard InChI is InChI=1S/C13H17Cl2N3O/c1-17-13(19)11-4-2-3-5-18(11)12-7-9(15)8(14)6-10(12)16/h6-7,11H,2-5,16H2,1H3,(H,17,19). The molecule has 1 fully saturated rings. The number of nitrogens with zero attached hydrogens (tertiary/aromatic N) is 1. The molecule has 1 atom stereocenters. The van der Waals surface area contributed by atoms with Gasteiger partial charge in [0, 0.05) is 13.6 Å². The van der Waals surface area contributed by atoms with Crippen molar-refractivity contribution in [2.75, 3.05) is 24.2 Å². The second kappa shape index (κ2) is 5.88. The van der Waals surface area contributed by atoms with Gasteiger partial charge in [-0.25, -0.2) is 0 Å². The van der Waals surface area contributed by atoms with Gasteiger partial charge in [-0.3, -0.25) is 4.79 Å². The van der Waals surface area contributed by atoms with E-state index in [1.807, 2.05) is 4.90 Å². The Labute approximate surface area is 122 Å². The number of piperidine rings is 1. The molecule has 1 unspecified atom stereocenters. The van der Waals surface area contributed by atoms with Crippen LogP contribution in [0.15, 0.2) is 12.1 Å². The lowest BCUT2D eigenvalue weighted by Gasteiger charge is -2.37. The van der Waals surface area contributed by atoms with Crippen molar-refractivity contribution in [3.05, 3.63) is 22.2 Å². The normalized spacial score (nSPS) is 19.3. The third-order valence-electron chi connectivity index (χ3n) is 3.43. The minimum absolute atomic E-state index is 0.00479. The second-order valence-corrected chi connectivity index (χ2v) is 5.46. The fraction of sp³-hybridized carbons (Fsp3) is 0.462. The Balaban J connectivity index is 2.37. The van der Waals surface area contributed by atoms with E-state index in [4.69, 9.17) is 28.9 Å². The first-order chi connectivity index (χ1) is 9.04. The largest absolute Gasteiger partial charge is 0.397 e. The zero-order valence-corrected chi connectivity index (χ0v) is 12.3. The number of benzene rings is 1. The Morgan fingerprint density at radius 1 is 1.37 bits per heavy atom. The van der Waals surface area contributed by atoms with Crippen molar-refractivity contribution in [1.82, 2.24) is 5.32 Å². The number of nitrogens with two attached hydrogens (primary N) is 1. The number of hydrogen-bond donors (Lipinski definition) is 2. The lowest BCUT2D eigenvalue weighted by Crippen LogP contribution is -2.49. The first-order valence-corrected chi connectivity index (χ1v) is 7.03. The third kappa shape index (κ3) is 2.90. The van der Waals surface area contributed by atoms with Crippen molar-refractivity contribution >= 4 is 40.5 Å². The highest BCUT2D eigenvalue weighted by Crippen LogP contribution is 2.36. The summed E-state index contributed by atoms with van der Waals surface area (Å²) in [6.07, 6.45) is 2.89. The van der Waals surface area contributed by atoms with E-state index in [2.05, 4.69) is 5.32 Å². The number of nitrogen functional groups attached to an aromatic ring is 1. The molecule has 0 aromatic heterocycles. The Morgan fingerprint density at radius 3 is 2.74 bits per heavy atom. The van der Waals surface area contributed by atoms with Crippen LogP contribution in [0, 0.1) is 0 Å². The maximum absolute atomic E-state index is 12.0. The van der Waals surface area contributed by atoms with Crippen LogP contribution in [0.4, 0.5) is 11.4 Å². The molecule has 1 aromatic carbocycles. The first kappa shape index (κ1) is 14.3.